The quantitative estimate of drug-likeness (QED) is 0.440. The lowest BCUT2D eigenvalue weighted by Crippen LogP contribution is -1.96. The first-order valence-electron chi connectivity index (χ1n) is 2.38. The van der Waals surface area contributed by atoms with Gasteiger partial charge in [0.15, 0.2) is 0 Å². The molecule has 0 spiro atoms. The van der Waals surface area contributed by atoms with E-state index in [2.05, 4.69) is 9.98 Å². The van der Waals surface area contributed by atoms with Crippen molar-refractivity contribution >= 4 is 12.1 Å². The van der Waals surface area contributed by atoms with Crippen molar-refractivity contribution in [3.63, 3.8) is 0 Å². The molecular formula is C5H4N2O. The normalized spacial score (nSPS) is 22.0. The maximum Gasteiger partial charge on any atom is 0.132 e. The van der Waals surface area contributed by atoms with Crippen molar-refractivity contribution in [1.82, 2.24) is 0 Å². The highest BCUT2D eigenvalue weighted by Gasteiger charge is 2.15. The zero-order valence-corrected chi connectivity index (χ0v) is 4.16. The molecule has 0 unspecified atom stereocenters. The van der Waals surface area contributed by atoms with Gasteiger partial charge in [-0.2, -0.15) is 0 Å². The minimum atomic E-state index is 0.593. The van der Waals surface area contributed by atoms with Crippen LogP contribution in [0.15, 0.2) is 21.9 Å². The van der Waals surface area contributed by atoms with E-state index in [0.717, 1.165) is 11.4 Å². The number of fused-ring (bicyclic) bond motifs is 1. The fourth-order valence-corrected chi connectivity index (χ4v) is 0.711. The summed E-state index contributed by atoms with van der Waals surface area (Å²) in [5.74, 6) is 0. The Morgan fingerprint density at radius 1 is 1.62 bits per heavy atom. The first-order chi connectivity index (χ1) is 3.97. The van der Waals surface area contributed by atoms with Gasteiger partial charge in [-0.05, 0) is 0 Å². The summed E-state index contributed by atoms with van der Waals surface area (Å²) in [6.45, 7) is 0.593. The first-order valence-corrected chi connectivity index (χ1v) is 2.38. The van der Waals surface area contributed by atoms with Crippen LogP contribution in [0.4, 0.5) is 0 Å². The van der Waals surface area contributed by atoms with Gasteiger partial charge in [0, 0.05) is 0 Å². The van der Waals surface area contributed by atoms with Crippen LogP contribution in [-0.4, -0.2) is 18.7 Å². The van der Waals surface area contributed by atoms with Gasteiger partial charge in [0.05, 0.1) is 0 Å². The molecule has 40 valence electrons. The number of ether oxygens (including phenoxy) is 1. The SMILES string of the molecule is C1=NC2=COCC2=N1. The van der Waals surface area contributed by atoms with Gasteiger partial charge in [0.1, 0.15) is 30.6 Å². The predicted octanol–water partition coefficient (Wildman–Crippen LogP) is 0.341. The number of rotatable bonds is 0. The third-order valence-electron chi connectivity index (χ3n) is 1.12. The van der Waals surface area contributed by atoms with E-state index in [-0.39, 0.29) is 0 Å². The van der Waals surface area contributed by atoms with Crippen molar-refractivity contribution in [2.45, 2.75) is 0 Å². The first kappa shape index (κ1) is 3.83. The molecule has 2 aliphatic rings. The van der Waals surface area contributed by atoms with E-state index in [1.165, 1.54) is 0 Å². The van der Waals surface area contributed by atoms with Crippen molar-refractivity contribution < 1.29 is 4.74 Å². The van der Waals surface area contributed by atoms with Crippen molar-refractivity contribution in [3.8, 4) is 0 Å². The van der Waals surface area contributed by atoms with Crippen molar-refractivity contribution in [1.29, 1.82) is 0 Å². The molecule has 0 fully saturated rings. The molecule has 0 saturated carbocycles. The summed E-state index contributed by atoms with van der Waals surface area (Å²) >= 11 is 0. The topological polar surface area (TPSA) is 34.0 Å². The Hall–Kier alpha value is -1.12. The van der Waals surface area contributed by atoms with Gasteiger partial charge in [-0.1, -0.05) is 0 Å². The van der Waals surface area contributed by atoms with Crippen LogP contribution in [0.2, 0.25) is 0 Å². The summed E-state index contributed by atoms with van der Waals surface area (Å²) in [7, 11) is 0. The van der Waals surface area contributed by atoms with Crippen LogP contribution in [0.1, 0.15) is 0 Å². The third-order valence-corrected chi connectivity index (χ3v) is 1.12. The maximum atomic E-state index is 4.90. The minimum absolute atomic E-state index is 0.593. The van der Waals surface area contributed by atoms with Gasteiger partial charge in [-0.3, -0.25) is 0 Å². The molecule has 0 saturated heterocycles. The molecule has 2 rings (SSSR count). The molecule has 0 aliphatic carbocycles. The van der Waals surface area contributed by atoms with Gasteiger partial charge in [-0.15, -0.1) is 0 Å². The minimum Gasteiger partial charge on any atom is -0.492 e. The van der Waals surface area contributed by atoms with Gasteiger partial charge >= 0.3 is 0 Å². The Bertz CT molecular complexity index is 202. The van der Waals surface area contributed by atoms with Crippen molar-refractivity contribution in [2.75, 3.05) is 6.61 Å². The van der Waals surface area contributed by atoms with Crippen LogP contribution >= 0.6 is 0 Å². The van der Waals surface area contributed by atoms with Gasteiger partial charge in [-0.25, -0.2) is 9.98 Å². The summed E-state index contributed by atoms with van der Waals surface area (Å²) in [4.78, 5) is 7.83. The molecule has 0 aromatic heterocycles. The van der Waals surface area contributed by atoms with Crippen LogP contribution in [0.5, 0.6) is 0 Å². The Morgan fingerprint density at radius 3 is 3.50 bits per heavy atom. The molecular weight excluding hydrogens is 104 g/mol. The van der Waals surface area contributed by atoms with Crippen LogP contribution < -0.4 is 0 Å². The summed E-state index contributed by atoms with van der Waals surface area (Å²) in [6.07, 6.45) is 3.17. The molecule has 2 aliphatic heterocycles. The molecule has 0 atom stereocenters. The zero-order chi connectivity index (χ0) is 5.40. The van der Waals surface area contributed by atoms with Crippen molar-refractivity contribution in [2.24, 2.45) is 9.98 Å². The summed E-state index contributed by atoms with van der Waals surface area (Å²) < 4.78 is 4.90. The molecule has 0 radical (unpaired) electrons. The number of aliphatic imine (C=N–C) groups is 2. The third kappa shape index (κ3) is 0.332. The van der Waals surface area contributed by atoms with Crippen LogP contribution in [-0.2, 0) is 4.74 Å². The average Bonchev–Trinajstić information content (AvgIpc) is 2.15. The standard InChI is InChI=1S/C5H4N2O/c1-4-5(2-8-1)7-3-6-4/h1,3H,2H2. The van der Waals surface area contributed by atoms with E-state index in [9.17, 15) is 0 Å². The van der Waals surface area contributed by atoms with E-state index in [1.54, 1.807) is 12.6 Å². The van der Waals surface area contributed by atoms with Crippen LogP contribution in [0, 0.1) is 0 Å². The van der Waals surface area contributed by atoms with E-state index in [1.807, 2.05) is 0 Å². The number of nitrogens with zero attached hydrogens (tertiary/aromatic N) is 2. The zero-order valence-electron chi connectivity index (χ0n) is 4.16. The highest BCUT2D eigenvalue weighted by molar-refractivity contribution is 6.09. The molecule has 3 heteroatoms. The Labute approximate surface area is 46.4 Å². The highest BCUT2D eigenvalue weighted by atomic mass is 16.5. The van der Waals surface area contributed by atoms with Gasteiger partial charge in [0.25, 0.3) is 0 Å². The largest absolute Gasteiger partial charge is 0.492 e. The molecule has 0 amide bonds. The summed E-state index contributed by atoms with van der Waals surface area (Å²) in [5.41, 5.74) is 1.83. The molecule has 0 aromatic rings. The van der Waals surface area contributed by atoms with E-state index in [0.29, 0.717) is 6.61 Å². The second-order valence-corrected chi connectivity index (χ2v) is 1.63. The van der Waals surface area contributed by atoms with E-state index < -0.39 is 0 Å². The highest BCUT2D eigenvalue weighted by Crippen LogP contribution is 2.12. The van der Waals surface area contributed by atoms with Gasteiger partial charge < -0.3 is 4.74 Å². The van der Waals surface area contributed by atoms with E-state index in [4.69, 9.17) is 4.74 Å². The molecule has 0 aromatic carbocycles. The monoisotopic (exact) mass is 108 g/mol. The second-order valence-electron chi connectivity index (χ2n) is 1.63. The molecule has 8 heavy (non-hydrogen) atoms. The van der Waals surface area contributed by atoms with Crippen LogP contribution in [0.3, 0.4) is 0 Å². The van der Waals surface area contributed by atoms with E-state index >= 15 is 0 Å². The van der Waals surface area contributed by atoms with Crippen LogP contribution in [0.25, 0.3) is 0 Å². The Morgan fingerprint density at radius 2 is 2.62 bits per heavy atom. The number of hydrogen-bond acceptors (Lipinski definition) is 3. The summed E-state index contributed by atoms with van der Waals surface area (Å²) in [6, 6.07) is 0. The Kier molecular flexibility index (Phi) is 0.566. The summed E-state index contributed by atoms with van der Waals surface area (Å²) in [5, 5.41) is 0. The average molecular weight is 108 g/mol. The smallest absolute Gasteiger partial charge is 0.132 e. The fourth-order valence-electron chi connectivity index (χ4n) is 0.711. The number of hydrogen-bond donors (Lipinski definition) is 0. The lowest BCUT2D eigenvalue weighted by atomic mass is 10.3. The van der Waals surface area contributed by atoms with Crippen molar-refractivity contribution in [3.05, 3.63) is 12.0 Å². The maximum absolute atomic E-state index is 4.90. The lowest BCUT2D eigenvalue weighted by molar-refractivity contribution is 0.314. The second kappa shape index (κ2) is 1.18. The lowest BCUT2D eigenvalue weighted by Gasteiger charge is -1.83. The van der Waals surface area contributed by atoms with Gasteiger partial charge in [0.2, 0.25) is 0 Å². The molecule has 0 N–H and O–H groups in total. The molecule has 2 heterocycles. The molecule has 0 bridgehead atoms. The fraction of sp³-hybridized carbons (Fsp3) is 0.200. The Balaban J connectivity index is 2.49. The molecule has 3 nitrogen and oxygen atoms in total. The predicted molar refractivity (Wildman–Crippen MR) is 30.0 cm³/mol.